The van der Waals surface area contributed by atoms with Crippen LogP contribution >= 0.6 is 0 Å². The van der Waals surface area contributed by atoms with Gasteiger partial charge in [0.15, 0.2) is 0 Å². The summed E-state index contributed by atoms with van der Waals surface area (Å²) in [5.74, 6) is 2.06. The smallest absolute Gasteiger partial charge is 0.230 e. The zero-order valence-corrected chi connectivity index (χ0v) is 12.2. The van der Waals surface area contributed by atoms with E-state index in [1.54, 1.807) is 0 Å². The van der Waals surface area contributed by atoms with Gasteiger partial charge in [-0.2, -0.15) is 4.98 Å². The Morgan fingerprint density at radius 1 is 1.58 bits per heavy atom. The molecule has 0 spiro atoms. The lowest BCUT2D eigenvalue weighted by molar-refractivity contribution is -0.0891. The molecule has 1 aliphatic carbocycles. The van der Waals surface area contributed by atoms with Crippen molar-refractivity contribution in [2.45, 2.75) is 58.0 Å². The molecule has 1 aliphatic rings. The van der Waals surface area contributed by atoms with Crippen LogP contribution in [0.4, 0.5) is 0 Å². The monoisotopic (exact) mass is 267 g/mol. The van der Waals surface area contributed by atoms with Gasteiger partial charge in [-0.25, -0.2) is 0 Å². The second-order valence-electron chi connectivity index (χ2n) is 5.72. The van der Waals surface area contributed by atoms with Crippen molar-refractivity contribution in [3.63, 3.8) is 0 Å². The Kier molecular flexibility index (Phi) is 4.58. The highest BCUT2D eigenvalue weighted by Gasteiger charge is 2.41. The first kappa shape index (κ1) is 14.5. The van der Waals surface area contributed by atoms with E-state index in [1.807, 2.05) is 13.8 Å². The normalized spacial score (nSPS) is 29.4. The summed E-state index contributed by atoms with van der Waals surface area (Å²) < 4.78 is 11.4. The van der Waals surface area contributed by atoms with Gasteiger partial charge < -0.3 is 15.0 Å². The third-order valence-corrected chi connectivity index (χ3v) is 4.00. The predicted molar refractivity (Wildman–Crippen MR) is 72.7 cm³/mol. The maximum Gasteiger partial charge on any atom is 0.230 e. The number of ether oxygens (including phenoxy) is 1. The van der Waals surface area contributed by atoms with Gasteiger partial charge in [0.2, 0.25) is 11.7 Å². The van der Waals surface area contributed by atoms with Crippen molar-refractivity contribution in [2.24, 2.45) is 11.7 Å². The van der Waals surface area contributed by atoms with Crippen molar-refractivity contribution in [3.8, 4) is 0 Å². The van der Waals surface area contributed by atoms with Gasteiger partial charge in [-0.15, -0.1) is 0 Å². The van der Waals surface area contributed by atoms with Gasteiger partial charge in [-0.1, -0.05) is 25.4 Å². The van der Waals surface area contributed by atoms with Crippen LogP contribution in [0.2, 0.25) is 0 Å². The molecule has 5 nitrogen and oxygen atoms in total. The number of hydrogen-bond donors (Lipinski definition) is 1. The number of nitrogens with two attached hydrogens (primary N) is 1. The molecule has 0 saturated heterocycles. The summed E-state index contributed by atoms with van der Waals surface area (Å²) >= 11 is 0. The Morgan fingerprint density at radius 2 is 2.37 bits per heavy atom. The zero-order chi connectivity index (χ0) is 13.9. The molecule has 1 aromatic heterocycles. The number of hydrogen-bond acceptors (Lipinski definition) is 5. The van der Waals surface area contributed by atoms with E-state index in [-0.39, 0.29) is 11.5 Å². The largest absolute Gasteiger partial charge is 0.367 e. The van der Waals surface area contributed by atoms with Gasteiger partial charge in [0.05, 0.1) is 0 Å². The summed E-state index contributed by atoms with van der Waals surface area (Å²) in [5, 5.41) is 4.17. The molecule has 0 aliphatic heterocycles. The van der Waals surface area contributed by atoms with Gasteiger partial charge in [0, 0.05) is 19.1 Å². The number of nitrogens with zero attached hydrogens (tertiary/aromatic N) is 2. The SMILES string of the molecule is CCOC1(c2noc(C(C)CN)n2)CCCC(C)C1. The zero-order valence-electron chi connectivity index (χ0n) is 12.2. The van der Waals surface area contributed by atoms with Crippen LogP contribution in [0.25, 0.3) is 0 Å². The van der Waals surface area contributed by atoms with Crippen LogP contribution in [0.15, 0.2) is 4.52 Å². The molecule has 108 valence electrons. The Balaban J connectivity index is 2.25. The summed E-state index contributed by atoms with van der Waals surface area (Å²) in [6, 6.07) is 0. The maximum atomic E-state index is 6.04. The molecule has 1 fully saturated rings. The molecular weight excluding hydrogens is 242 g/mol. The molecule has 0 bridgehead atoms. The standard InChI is InChI=1S/C14H25N3O2/c1-4-18-14(7-5-6-10(2)8-14)13-16-12(19-17-13)11(3)9-15/h10-11H,4-9,15H2,1-3H3. The van der Waals surface area contributed by atoms with E-state index in [0.29, 0.717) is 30.8 Å². The number of rotatable bonds is 5. The molecule has 1 saturated carbocycles. The van der Waals surface area contributed by atoms with E-state index < -0.39 is 0 Å². The Morgan fingerprint density at radius 3 is 3.00 bits per heavy atom. The van der Waals surface area contributed by atoms with E-state index in [9.17, 15) is 0 Å². The fraction of sp³-hybridized carbons (Fsp3) is 0.857. The third kappa shape index (κ3) is 2.98. The van der Waals surface area contributed by atoms with Crippen LogP contribution in [-0.4, -0.2) is 23.3 Å². The first-order valence-corrected chi connectivity index (χ1v) is 7.29. The van der Waals surface area contributed by atoms with Crippen molar-refractivity contribution in [1.29, 1.82) is 0 Å². The quantitative estimate of drug-likeness (QED) is 0.887. The van der Waals surface area contributed by atoms with Crippen molar-refractivity contribution in [1.82, 2.24) is 10.1 Å². The fourth-order valence-corrected chi connectivity index (χ4v) is 2.90. The molecule has 1 heterocycles. The first-order chi connectivity index (χ1) is 9.11. The van der Waals surface area contributed by atoms with Gasteiger partial charge in [-0.05, 0) is 32.1 Å². The average Bonchev–Trinajstić information content (AvgIpc) is 2.88. The third-order valence-electron chi connectivity index (χ3n) is 4.00. The molecule has 3 unspecified atom stereocenters. The maximum absolute atomic E-state index is 6.04. The fourth-order valence-electron chi connectivity index (χ4n) is 2.90. The molecule has 0 aromatic carbocycles. The lowest BCUT2D eigenvalue weighted by Crippen LogP contribution is -2.36. The van der Waals surface area contributed by atoms with E-state index in [1.165, 1.54) is 6.42 Å². The van der Waals surface area contributed by atoms with Crippen LogP contribution in [0.5, 0.6) is 0 Å². The van der Waals surface area contributed by atoms with E-state index in [2.05, 4.69) is 17.1 Å². The topological polar surface area (TPSA) is 74.2 Å². The van der Waals surface area contributed by atoms with Gasteiger partial charge in [0.1, 0.15) is 5.60 Å². The minimum atomic E-state index is -0.359. The van der Waals surface area contributed by atoms with Crippen LogP contribution in [0.1, 0.15) is 64.1 Å². The van der Waals surface area contributed by atoms with Crippen molar-refractivity contribution < 1.29 is 9.26 Å². The van der Waals surface area contributed by atoms with Crippen LogP contribution < -0.4 is 5.73 Å². The highest BCUT2D eigenvalue weighted by Crippen LogP contribution is 2.41. The van der Waals surface area contributed by atoms with Crippen molar-refractivity contribution in [3.05, 3.63) is 11.7 Å². The predicted octanol–water partition coefficient (Wildman–Crippen LogP) is 2.57. The highest BCUT2D eigenvalue weighted by atomic mass is 16.5. The van der Waals surface area contributed by atoms with Crippen molar-refractivity contribution >= 4 is 0 Å². The Bertz CT molecular complexity index is 403. The lowest BCUT2D eigenvalue weighted by Gasteiger charge is -2.37. The van der Waals surface area contributed by atoms with E-state index in [0.717, 1.165) is 19.3 Å². The second-order valence-corrected chi connectivity index (χ2v) is 5.72. The van der Waals surface area contributed by atoms with Crippen LogP contribution in [-0.2, 0) is 10.3 Å². The first-order valence-electron chi connectivity index (χ1n) is 7.29. The average molecular weight is 267 g/mol. The van der Waals surface area contributed by atoms with E-state index in [4.69, 9.17) is 15.0 Å². The minimum Gasteiger partial charge on any atom is -0.367 e. The summed E-state index contributed by atoms with van der Waals surface area (Å²) in [6.07, 6.45) is 4.34. The summed E-state index contributed by atoms with van der Waals surface area (Å²) in [6.45, 7) is 7.46. The summed E-state index contributed by atoms with van der Waals surface area (Å²) in [7, 11) is 0. The summed E-state index contributed by atoms with van der Waals surface area (Å²) in [4.78, 5) is 4.55. The molecular formula is C14H25N3O2. The Labute approximate surface area is 114 Å². The molecule has 1 aromatic rings. The molecule has 0 radical (unpaired) electrons. The molecule has 19 heavy (non-hydrogen) atoms. The molecule has 3 atom stereocenters. The highest BCUT2D eigenvalue weighted by molar-refractivity contribution is 5.06. The van der Waals surface area contributed by atoms with Gasteiger partial charge in [-0.3, -0.25) is 0 Å². The Hall–Kier alpha value is -0.940. The van der Waals surface area contributed by atoms with Crippen LogP contribution in [0, 0.1) is 5.92 Å². The van der Waals surface area contributed by atoms with Gasteiger partial charge >= 0.3 is 0 Å². The molecule has 2 rings (SSSR count). The van der Waals surface area contributed by atoms with Crippen molar-refractivity contribution in [2.75, 3.05) is 13.2 Å². The van der Waals surface area contributed by atoms with Gasteiger partial charge in [0.25, 0.3) is 0 Å². The van der Waals surface area contributed by atoms with E-state index >= 15 is 0 Å². The molecule has 2 N–H and O–H groups in total. The lowest BCUT2D eigenvalue weighted by atomic mass is 9.78. The minimum absolute atomic E-state index is 0.0981. The number of aromatic nitrogens is 2. The summed E-state index contributed by atoms with van der Waals surface area (Å²) in [5.41, 5.74) is 5.29. The van der Waals surface area contributed by atoms with Crippen LogP contribution in [0.3, 0.4) is 0 Å². The molecule has 5 heteroatoms. The second kappa shape index (κ2) is 6.01. The molecule has 0 amide bonds.